The third-order valence-electron chi connectivity index (χ3n) is 2.52. The summed E-state index contributed by atoms with van der Waals surface area (Å²) in [5, 5.41) is 5.81. The highest BCUT2D eigenvalue weighted by atomic mass is 35.5. The maximum atomic E-state index is 11.7. The average molecular weight is 269 g/mol. The van der Waals surface area contributed by atoms with Crippen LogP contribution in [-0.2, 0) is 4.79 Å². The molecule has 0 saturated heterocycles. The molecule has 0 bridgehead atoms. The Morgan fingerprint density at radius 3 is 2.72 bits per heavy atom. The molecule has 0 radical (unpaired) electrons. The monoisotopic (exact) mass is 268 g/mol. The number of rotatable bonds is 5. The fraction of sp³-hybridized carbons (Fsp3) is 0.385. The van der Waals surface area contributed by atoms with Gasteiger partial charge in [0.05, 0.1) is 6.54 Å². The van der Waals surface area contributed by atoms with Gasteiger partial charge in [-0.1, -0.05) is 24.6 Å². The van der Waals surface area contributed by atoms with Crippen molar-refractivity contribution in [3.63, 3.8) is 0 Å². The Labute approximate surface area is 112 Å². The van der Waals surface area contributed by atoms with Crippen LogP contribution in [0.1, 0.15) is 30.6 Å². The molecule has 0 saturated carbocycles. The molecule has 1 atom stereocenters. The topological polar surface area (TPSA) is 58.2 Å². The molecule has 0 heterocycles. The van der Waals surface area contributed by atoms with Gasteiger partial charge in [0.2, 0.25) is 5.91 Å². The summed E-state index contributed by atoms with van der Waals surface area (Å²) in [6, 6.07) is 6.70. The normalized spacial score (nSPS) is 11.7. The predicted octanol–water partition coefficient (Wildman–Crippen LogP) is 1.98. The summed E-state index contributed by atoms with van der Waals surface area (Å²) in [6.07, 6.45) is 0.855. The number of benzene rings is 1. The van der Waals surface area contributed by atoms with Crippen LogP contribution >= 0.6 is 11.6 Å². The molecular weight excluding hydrogens is 252 g/mol. The van der Waals surface area contributed by atoms with Crippen LogP contribution in [0.5, 0.6) is 0 Å². The molecule has 5 heteroatoms. The smallest absolute Gasteiger partial charge is 0.251 e. The van der Waals surface area contributed by atoms with Crippen LogP contribution in [0.25, 0.3) is 0 Å². The zero-order valence-electron chi connectivity index (χ0n) is 10.5. The van der Waals surface area contributed by atoms with Gasteiger partial charge in [0.15, 0.2) is 0 Å². The maximum absolute atomic E-state index is 11.7. The number of hydrogen-bond donors (Lipinski definition) is 2. The number of halogens is 1. The van der Waals surface area contributed by atoms with E-state index in [-0.39, 0.29) is 24.4 Å². The largest absolute Gasteiger partial charge is 0.352 e. The summed E-state index contributed by atoms with van der Waals surface area (Å²) in [7, 11) is 0. The number of carbonyl (C=O) groups is 2. The minimum atomic E-state index is -0.309. The molecule has 0 spiro atoms. The average Bonchev–Trinajstić information content (AvgIpc) is 2.35. The van der Waals surface area contributed by atoms with Crippen molar-refractivity contribution in [2.24, 2.45) is 0 Å². The summed E-state index contributed by atoms with van der Waals surface area (Å²) in [5.74, 6) is -0.503. The summed E-state index contributed by atoms with van der Waals surface area (Å²) in [5.41, 5.74) is 0.443. The summed E-state index contributed by atoms with van der Waals surface area (Å²) in [4.78, 5) is 23.2. The predicted molar refractivity (Wildman–Crippen MR) is 71.7 cm³/mol. The standard InChI is InChI=1S/C13H17ClN2O2/c1-3-9(2)16-12(17)8-15-13(18)10-5-4-6-11(14)7-10/h4-7,9H,3,8H2,1-2H3,(H,15,18)(H,16,17). The molecule has 18 heavy (non-hydrogen) atoms. The molecule has 2 amide bonds. The summed E-state index contributed by atoms with van der Waals surface area (Å²) in [6.45, 7) is 3.86. The molecular formula is C13H17ClN2O2. The summed E-state index contributed by atoms with van der Waals surface area (Å²) >= 11 is 5.78. The lowest BCUT2D eigenvalue weighted by Gasteiger charge is -2.11. The Morgan fingerprint density at radius 1 is 1.39 bits per heavy atom. The third-order valence-corrected chi connectivity index (χ3v) is 2.75. The van der Waals surface area contributed by atoms with Gasteiger partial charge in [-0.3, -0.25) is 9.59 Å². The van der Waals surface area contributed by atoms with Crippen LogP contribution in [0.4, 0.5) is 0 Å². The van der Waals surface area contributed by atoms with E-state index in [1.54, 1.807) is 24.3 Å². The second-order valence-corrected chi connectivity index (χ2v) is 4.51. The van der Waals surface area contributed by atoms with Crippen molar-refractivity contribution in [3.05, 3.63) is 34.9 Å². The fourth-order valence-electron chi connectivity index (χ4n) is 1.32. The second-order valence-electron chi connectivity index (χ2n) is 4.07. The Balaban J connectivity index is 2.44. The molecule has 0 aliphatic rings. The van der Waals surface area contributed by atoms with Crippen molar-refractivity contribution in [2.45, 2.75) is 26.3 Å². The van der Waals surface area contributed by atoms with E-state index in [4.69, 9.17) is 11.6 Å². The highest BCUT2D eigenvalue weighted by molar-refractivity contribution is 6.30. The minimum Gasteiger partial charge on any atom is -0.352 e. The molecule has 2 N–H and O–H groups in total. The van der Waals surface area contributed by atoms with Gasteiger partial charge in [0, 0.05) is 16.6 Å². The van der Waals surface area contributed by atoms with Crippen molar-refractivity contribution < 1.29 is 9.59 Å². The Morgan fingerprint density at radius 2 is 2.11 bits per heavy atom. The van der Waals surface area contributed by atoms with E-state index in [2.05, 4.69) is 10.6 Å². The van der Waals surface area contributed by atoms with Crippen molar-refractivity contribution in [2.75, 3.05) is 6.54 Å². The first-order valence-electron chi connectivity index (χ1n) is 5.86. The Bertz CT molecular complexity index is 435. The van der Waals surface area contributed by atoms with Crippen LogP contribution in [0, 0.1) is 0 Å². The van der Waals surface area contributed by atoms with E-state index in [1.165, 1.54) is 0 Å². The van der Waals surface area contributed by atoms with Crippen LogP contribution in [-0.4, -0.2) is 24.4 Å². The number of hydrogen-bond acceptors (Lipinski definition) is 2. The van der Waals surface area contributed by atoms with Crippen LogP contribution in [0.15, 0.2) is 24.3 Å². The van der Waals surface area contributed by atoms with Crippen molar-refractivity contribution in [1.82, 2.24) is 10.6 Å². The van der Waals surface area contributed by atoms with E-state index in [0.717, 1.165) is 6.42 Å². The van der Waals surface area contributed by atoms with Gasteiger partial charge in [0.25, 0.3) is 5.91 Å². The first-order valence-corrected chi connectivity index (χ1v) is 6.24. The highest BCUT2D eigenvalue weighted by Gasteiger charge is 2.09. The molecule has 0 aliphatic heterocycles. The van der Waals surface area contributed by atoms with Gasteiger partial charge in [-0.15, -0.1) is 0 Å². The molecule has 0 aromatic heterocycles. The quantitative estimate of drug-likeness (QED) is 0.858. The van der Waals surface area contributed by atoms with E-state index >= 15 is 0 Å². The van der Waals surface area contributed by atoms with Gasteiger partial charge in [0.1, 0.15) is 0 Å². The van der Waals surface area contributed by atoms with Crippen molar-refractivity contribution >= 4 is 23.4 Å². The SMILES string of the molecule is CCC(C)NC(=O)CNC(=O)c1cccc(Cl)c1. The lowest BCUT2D eigenvalue weighted by molar-refractivity contribution is -0.120. The van der Waals surface area contributed by atoms with E-state index in [0.29, 0.717) is 10.6 Å². The Kier molecular flexibility index (Phi) is 5.65. The first-order chi connectivity index (χ1) is 8.52. The molecule has 1 rings (SSSR count). The first kappa shape index (κ1) is 14.5. The van der Waals surface area contributed by atoms with Gasteiger partial charge in [-0.25, -0.2) is 0 Å². The molecule has 4 nitrogen and oxygen atoms in total. The van der Waals surface area contributed by atoms with Gasteiger partial charge in [-0.05, 0) is 31.5 Å². The molecule has 98 valence electrons. The zero-order chi connectivity index (χ0) is 13.5. The van der Waals surface area contributed by atoms with Crippen LogP contribution in [0.3, 0.4) is 0 Å². The molecule has 1 unspecified atom stereocenters. The lowest BCUT2D eigenvalue weighted by Crippen LogP contribution is -2.40. The lowest BCUT2D eigenvalue weighted by atomic mass is 10.2. The summed E-state index contributed by atoms with van der Waals surface area (Å²) < 4.78 is 0. The molecule has 1 aromatic rings. The number of nitrogens with one attached hydrogen (secondary N) is 2. The fourth-order valence-corrected chi connectivity index (χ4v) is 1.51. The minimum absolute atomic E-state index is 0.0321. The molecule has 0 aliphatic carbocycles. The van der Waals surface area contributed by atoms with Crippen molar-refractivity contribution in [1.29, 1.82) is 0 Å². The number of carbonyl (C=O) groups excluding carboxylic acids is 2. The van der Waals surface area contributed by atoms with Gasteiger partial charge in [-0.2, -0.15) is 0 Å². The van der Waals surface area contributed by atoms with Crippen LogP contribution in [0.2, 0.25) is 5.02 Å². The van der Waals surface area contributed by atoms with Gasteiger partial charge < -0.3 is 10.6 Å². The maximum Gasteiger partial charge on any atom is 0.251 e. The zero-order valence-corrected chi connectivity index (χ0v) is 11.3. The van der Waals surface area contributed by atoms with Crippen LogP contribution < -0.4 is 10.6 Å². The Hall–Kier alpha value is -1.55. The van der Waals surface area contributed by atoms with E-state index in [1.807, 2.05) is 13.8 Å². The highest BCUT2D eigenvalue weighted by Crippen LogP contribution is 2.10. The second kappa shape index (κ2) is 7.01. The molecule has 1 aromatic carbocycles. The van der Waals surface area contributed by atoms with E-state index < -0.39 is 0 Å². The third kappa shape index (κ3) is 4.75. The number of amides is 2. The van der Waals surface area contributed by atoms with Gasteiger partial charge >= 0.3 is 0 Å². The molecule has 0 fully saturated rings. The van der Waals surface area contributed by atoms with E-state index in [9.17, 15) is 9.59 Å². The van der Waals surface area contributed by atoms with Crippen molar-refractivity contribution in [3.8, 4) is 0 Å².